The van der Waals surface area contributed by atoms with Crippen molar-refractivity contribution in [2.24, 2.45) is 0 Å². The van der Waals surface area contributed by atoms with Gasteiger partial charge in [-0.15, -0.1) is 11.3 Å². The Morgan fingerprint density at radius 1 is 1.05 bits per heavy atom. The third-order valence-corrected chi connectivity index (χ3v) is 4.01. The summed E-state index contributed by atoms with van der Waals surface area (Å²) in [6.07, 6.45) is 2.71. The Kier molecular flexibility index (Phi) is 3.79. The second-order valence-electron chi connectivity index (χ2n) is 4.49. The number of nitrogens with zero attached hydrogens (tertiary/aromatic N) is 1. The fourth-order valence-corrected chi connectivity index (χ4v) is 3.02. The zero-order valence-electron chi connectivity index (χ0n) is 11.2. The summed E-state index contributed by atoms with van der Waals surface area (Å²) in [5.74, 6) is 0.883. The lowest BCUT2D eigenvalue weighted by Gasteiger charge is -2.12. The largest absolute Gasteiger partial charge is 0.496 e. The molecule has 3 rings (SSSR count). The summed E-state index contributed by atoms with van der Waals surface area (Å²) in [5.41, 5.74) is 3.64. The van der Waals surface area contributed by atoms with Crippen LogP contribution >= 0.6 is 11.3 Å². The first-order valence-electron chi connectivity index (χ1n) is 6.48. The molecule has 0 atom stereocenters. The zero-order valence-corrected chi connectivity index (χ0v) is 12.1. The van der Waals surface area contributed by atoms with E-state index in [9.17, 15) is 0 Å². The van der Waals surface area contributed by atoms with Gasteiger partial charge in [-0.25, -0.2) is 4.98 Å². The number of aromatic nitrogens is 1. The fraction of sp³-hybridized carbons (Fsp3) is 0.118. The molecule has 0 saturated carbocycles. The van der Waals surface area contributed by atoms with E-state index in [-0.39, 0.29) is 0 Å². The van der Waals surface area contributed by atoms with E-state index in [1.165, 1.54) is 11.1 Å². The van der Waals surface area contributed by atoms with Gasteiger partial charge in [0.05, 0.1) is 12.7 Å². The first kappa shape index (κ1) is 12.9. The molecule has 0 saturated heterocycles. The van der Waals surface area contributed by atoms with Crippen molar-refractivity contribution < 1.29 is 4.74 Å². The van der Waals surface area contributed by atoms with Gasteiger partial charge in [-0.05, 0) is 23.6 Å². The molecule has 0 radical (unpaired) electrons. The van der Waals surface area contributed by atoms with E-state index in [0.29, 0.717) is 0 Å². The molecule has 1 heterocycles. The molecule has 0 spiro atoms. The van der Waals surface area contributed by atoms with E-state index in [4.69, 9.17) is 4.74 Å². The quantitative estimate of drug-likeness (QED) is 0.706. The van der Waals surface area contributed by atoms with E-state index < -0.39 is 0 Å². The topological polar surface area (TPSA) is 22.1 Å². The van der Waals surface area contributed by atoms with Gasteiger partial charge in [0.15, 0.2) is 0 Å². The van der Waals surface area contributed by atoms with Crippen LogP contribution in [0.3, 0.4) is 0 Å². The maximum atomic E-state index is 5.51. The van der Waals surface area contributed by atoms with Crippen molar-refractivity contribution in [2.75, 3.05) is 7.11 Å². The summed E-state index contributed by atoms with van der Waals surface area (Å²) < 4.78 is 5.51. The smallest absolute Gasteiger partial charge is 0.129 e. The van der Waals surface area contributed by atoms with E-state index in [0.717, 1.165) is 22.7 Å². The van der Waals surface area contributed by atoms with Crippen molar-refractivity contribution in [1.29, 1.82) is 0 Å². The van der Waals surface area contributed by atoms with Crippen LogP contribution in [0.2, 0.25) is 0 Å². The SMILES string of the molecule is COc1cccc(Cc2ccccc2)c1-c1nccs1. The molecule has 0 aliphatic heterocycles. The Labute approximate surface area is 122 Å². The van der Waals surface area contributed by atoms with Crippen LogP contribution in [0.25, 0.3) is 10.6 Å². The normalized spacial score (nSPS) is 10.4. The van der Waals surface area contributed by atoms with Gasteiger partial charge in [0.2, 0.25) is 0 Å². The van der Waals surface area contributed by atoms with E-state index >= 15 is 0 Å². The molecule has 100 valence electrons. The highest BCUT2D eigenvalue weighted by molar-refractivity contribution is 7.13. The monoisotopic (exact) mass is 281 g/mol. The van der Waals surface area contributed by atoms with Crippen LogP contribution in [0.5, 0.6) is 5.75 Å². The molecule has 1 aromatic heterocycles. The van der Waals surface area contributed by atoms with Gasteiger partial charge in [0.25, 0.3) is 0 Å². The van der Waals surface area contributed by atoms with Gasteiger partial charge < -0.3 is 4.74 Å². The minimum absolute atomic E-state index is 0.882. The Morgan fingerprint density at radius 3 is 2.60 bits per heavy atom. The van der Waals surface area contributed by atoms with Crippen molar-refractivity contribution in [3.63, 3.8) is 0 Å². The maximum absolute atomic E-state index is 5.51. The molecule has 0 fully saturated rings. The van der Waals surface area contributed by atoms with Gasteiger partial charge >= 0.3 is 0 Å². The average Bonchev–Trinajstić information content (AvgIpc) is 3.02. The Hall–Kier alpha value is -2.13. The molecule has 2 aromatic carbocycles. The summed E-state index contributed by atoms with van der Waals surface area (Å²) in [5, 5.41) is 3.00. The molecule has 0 unspecified atom stereocenters. The standard InChI is InChI=1S/C17H15NOS/c1-19-15-9-5-8-14(12-13-6-3-2-4-7-13)16(15)17-18-10-11-20-17/h2-11H,12H2,1H3. The third kappa shape index (κ3) is 2.58. The van der Waals surface area contributed by atoms with Crippen LogP contribution in [0, 0.1) is 0 Å². The predicted molar refractivity (Wildman–Crippen MR) is 83.4 cm³/mol. The highest BCUT2D eigenvalue weighted by atomic mass is 32.1. The van der Waals surface area contributed by atoms with E-state index in [1.54, 1.807) is 18.4 Å². The van der Waals surface area contributed by atoms with Crippen molar-refractivity contribution in [3.8, 4) is 16.3 Å². The molecule has 3 aromatic rings. The number of thiazole rings is 1. The van der Waals surface area contributed by atoms with E-state index in [1.807, 2.05) is 29.8 Å². The Morgan fingerprint density at radius 2 is 1.90 bits per heavy atom. The third-order valence-electron chi connectivity index (χ3n) is 3.22. The fourth-order valence-electron chi connectivity index (χ4n) is 2.30. The summed E-state index contributed by atoms with van der Waals surface area (Å²) in [6.45, 7) is 0. The van der Waals surface area contributed by atoms with Crippen LogP contribution < -0.4 is 4.74 Å². The number of rotatable bonds is 4. The lowest BCUT2D eigenvalue weighted by Crippen LogP contribution is -1.95. The molecule has 0 amide bonds. The second kappa shape index (κ2) is 5.88. The van der Waals surface area contributed by atoms with Crippen molar-refractivity contribution >= 4 is 11.3 Å². The Balaban J connectivity index is 2.07. The number of ether oxygens (including phenoxy) is 1. The van der Waals surface area contributed by atoms with Gasteiger partial charge in [-0.3, -0.25) is 0 Å². The summed E-state index contributed by atoms with van der Waals surface area (Å²) in [7, 11) is 1.71. The molecule has 20 heavy (non-hydrogen) atoms. The van der Waals surface area contributed by atoms with Crippen LogP contribution in [0.4, 0.5) is 0 Å². The molecule has 3 heteroatoms. The minimum Gasteiger partial charge on any atom is -0.496 e. The molecule has 0 aliphatic rings. The lowest BCUT2D eigenvalue weighted by atomic mass is 9.99. The predicted octanol–water partition coefficient (Wildman–Crippen LogP) is 4.41. The van der Waals surface area contributed by atoms with Crippen molar-refractivity contribution in [3.05, 3.63) is 71.2 Å². The summed E-state index contributed by atoms with van der Waals surface area (Å²) >= 11 is 1.64. The molecule has 0 N–H and O–H groups in total. The number of hydrogen-bond acceptors (Lipinski definition) is 3. The van der Waals surface area contributed by atoms with Gasteiger partial charge in [-0.2, -0.15) is 0 Å². The summed E-state index contributed by atoms with van der Waals surface area (Å²) in [6, 6.07) is 16.6. The number of benzene rings is 2. The van der Waals surface area contributed by atoms with Crippen molar-refractivity contribution in [1.82, 2.24) is 4.98 Å². The summed E-state index contributed by atoms with van der Waals surface area (Å²) in [4.78, 5) is 4.44. The molecule has 0 aliphatic carbocycles. The van der Waals surface area contributed by atoms with Crippen molar-refractivity contribution in [2.45, 2.75) is 6.42 Å². The highest BCUT2D eigenvalue weighted by Crippen LogP contribution is 2.35. The first-order valence-corrected chi connectivity index (χ1v) is 7.36. The number of hydrogen-bond donors (Lipinski definition) is 0. The van der Waals surface area contributed by atoms with Crippen LogP contribution in [-0.4, -0.2) is 12.1 Å². The van der Waals surface area contributed by atoms with Crippen LogP contribution in [0.1, 0.15) is 11.1 Å². The average molecular weight is 281 g/mol. The molecular weight excluding hydrogens is 266 g/mol. The lowest BCUT2D eigenvalue weighted by molar-refractivity contribution is 0.416. The van der Waals surface area contributed by atoms with Gasteiger partial charge in [0.1, 0.15) is 10.8 Å². The van der Waals surface area contributed by atoms with Crippen LogP contribution in [-0.2, 0) is 6.42 Å². The molecule has 2 nitrogen and oxygen atoms in total. The van der Waals surface area contributed by atoms with Crippen LogP contribution in [0.15, 0.2) is 60.1 Å². The molecule has 0 bridgehead atoms. The highest BCUT2D eigenvalue weighted by Gasteiger charge is 2.13. The minimum atomic E-state index is 0.882. The Bertz CT molecular complexity index is 677. The van der Waals surface area contributed by atoms with Gasteiger partial charge in [-0.1, -0.05) is 42.5 Å². The maximum Gasteiger partial charge on any atom is 0.129 e. The number of methoxy groups -OCH3 is 1. The van der Waals surface area contributed by atoms with E-state index in [2.05, 4.69) is 35.3 Å². The van der Waals surface area contributed by atoms with Gasteiger partial charge in [0, 0.05) is 11.6 Å². The first-order chi connectivity index (χ1) is 9.88. The second-order valence-corrected chi connectivity index (χ2v) is 5.39. The zero-order chi connectivity index (χ0) is 13.8. The molecular formula is C17H15NOS.